The Hall–Kier alpha value is -1.30. The lowest BCUT2D eigenvalue weighted by molar-refractivity contribution is -0.0104. The number of likely N-dealkylation sites (tertiary alicyclic amines) is 1. The van der Waals surface area contributed by atoms with Crippen LogP contribution in [0.15, 0.2) is 30.0 Å². The van der Waals surface area contributed by atoms with Gasteiger partial charge < -0.3 is 4.74 Å². The second kappa shape index (κ2) is 6.07. The molecular formula is C17H21N3OS. The number of fused-ring (bicyclic) bond motifs is 1. The van der Waals surface area contributed by atoms with Gasteiger partial charge in [0.05, 0.1) is 11.8 Å². The third kappa shape index (κ3) is 2.81. The van der Waals surface area contributed by atoms with Crippen LogP contribution in [0, 0.1) is 12.8 Å². The van der Waals surface area contributed by atoms with Gasteiger partial charge in [0.15, 0.2) is 0 Å². The number of piperidine rings is 1. The van der Waals surface area contributed by atoms with Gasteiger partial charge in [-0.1, -0.05) is 0 Å². The predicted octanol–water partition coefficient (Wildman–Crippen LogP) is 3.20. The molecule has 4 nitrogen and oxygen atoms in total. The molecule has 22 heavy (non-hydrogen) atoms. The van der Waals surface area contributed by atoms with Crippen LogP contribution >= 0.6 is 11.3 Å². The monoisotopic (exact) mass is 315 g/mol. The number of aryl methyl sites for hydroxylation is 1. The molecule has 0 aromatic carbocycles. The molecule has 2 aliphatic rings. The van der Waals surface area contributed by atoms with Crippen molar-refractivity contribution < 1.29 is 4.74 Å². The molecule has 116 valence electrons. The maximum absolute atomic E-state index is 6.30. The summed E-state index contributed by atoms with van der Waals surface area (Å²) in [4.78, 5) is 12.4. The highest BCUT2D eigenvalue weighted by Gasteiger charge is 2.40. The Morgan fingerprint density at radius 1 is 1.41 bits per heavy atom. The maximum Gasteiger partial charge on any atom is 0.115 e. The van der Waals surface area contributed by atoms with E-state index in [1.54, 1.807) is 12.5 Å². The van der Waals surface area contributed by atoms with Crippen molar-refractivity contribution in [1.82, 2.24) is 14.9 Å². The molecule has 0 radical (unpaired) electrons. The fourth-order valence-electron chi connectivity index (χ4n) is 3.59. The van der Waals surface area contributed by atoms with Gasteiger partial charge in [0, 0.05) is 24.2 Å². The van der Waals surface area contributed by atoms with Gasteiger partial charge in [-0.05, 0) is 55.3 Å². The lowest BCUT2D eigenvalue weighted by atomic mass is 9.91. The Kier molecular flexibility index (Phi) is 3.94. The highest BCUT2D eigenvalue weighted by molar-refractivity contribution is 7.10. The van der Waals surface area contributed by atoms with Crippen molar-refractivity contribution in [2.45, 2.75) is 38.5 Å². The summed E-state index contributed by atoms with van der Waals surface area (Å²) in [6.45, 7) is 5.49. The zero-order chi connectivity index (χ0) is 14.9. The first-order valence-electron chi connectivity index (χ1n) is 7.96. The van der Waals surface area contributed by atoms with E-state index in [0.717, 1.165) is 25.2 Å². The molecule has 0 unspecified atom stereocenters. The van der Waals surface area contributed by atoms with Crippen molar-refractivity contribution >= 4 is 11.3 Å². The molecule has 0 amide bonds. The summed E-state index contributed by atoms with van der Waals surface area (Å²) >= 11 is 1.87. The van der Waals surface area contributed by atoms with E-state index in [9.17, 15) is 0 Å². The molecule has 4 heterocycles. The van der Waals surface area contributed by atoms with Crippen LogP contribution in [0.4, 0.5) is 0 Å². The fraction of sp³-hybridized carbons (Fsp3) is 0.529. The molecule has 2 aromatic rings. The van der Waals surface area contributed by atoms with Gasteiger partial charge >= 0.3 is 0 Å². The lowest BCUT2D eigenvalue weighted by Crippen LogP contribution is -2.41. The topological polar surface area (TPSA) is 38.2 Å². The largest absolute Gasteiger partial charge is 0.367 e. The highest BCUT2D eigenvalue weighted by atomic mass is 32.1. The fourth-order valence-corrected chi connectivity index (χ4v) is 4.54. The molecule has 0 bridgehead atoms. The van der Waals surface area contributed by atoms with E-state index in [0.29, 0.717) is 12.0 Å². The molecule has 0 aliphatic carbocycles. The van der Waals surface area contributed by atoms with Crippen molar-refractivity contribution in [2.75, 3.05) is 13.1 Å². The minimum atomic E-state index is 0.154. The number of rotatable bonds is 3. The van der Waals surface area contributed by atoms with Crippen molar-refractivity contribution in [1.29, 1.82) is 0 Å². The Balaban J connectivity index is 1.40. The molecule has 0 spiro atoms. The van der Waals surface area contributed by atoms with Crippen LogP contribution in [-0.4, -0.2) is 34.1 Å². The van der Waals surface area contributed by atoms with E-state index in [2.05, 4.69) is 33.2 Å². The summed E-state index contributed by atoms with van der Waals surface area (Å²) < 4.78 is 6.30. The van der Waals surface area contributed by atoms with Crippen molar-refractivity contribution in [3.05, 3.63) is 46.2 Å². The van der Waals surface area contributed by atoms with Gasteiger partial charge in [0.1, 0.15) is 12.4 Å². The first kappa shape index (κ1) is 14.3. The minimum Gasteiger partial charge on any atom is -0.367 e. The highest BCUT2D eigenvalue weighted by Crippen LogP contribution is 2.40. The number of ether oxygens (including phenoxy) is 1. The molecule has 2 aromatic heterocycles. The maximum atomic E-state index is 6.30. The summed E-state index contributed by atoms with van der Waals surface area (Å²) in [5, 5.41) is 2.19. The number of thiophene rings is 1. The minimum absolute atomic E-state index is 0.154. The SMILES string of the molecule is Cc1ccsc1CN1CC[C@H]2C[C@H](c3ccncn3)O[C@@H]2C1. The molecular weight excluding hydrogens is 294 g/mol. The normalized spacial score (nSPS) is 28.7. The van der Waals surface area contributed by atoms with E-state index >= 15 is 0 Å². The first-order valence-corrected chi connectivity index (χ1v) is 8.84. The van der Waals surface area contributed by atoms with Crippen molar-refractivity contribution in [3.8, 4) is 0 Å². The molecule has 5 heteroatoms. The summed E-state index contributed by atoms with van der Waals surface area (Å²) in [6, 6.07) is 4.19. The Labute approximate surface area is 135 Å². The molecule has 4 rings (SSSR count). The number of aromatic nitrogens is 2. The Morgan fingerprint density at radius 3 is 3.14 bits per heavy atom. The summed E-state index contributed by atoms with van der Waals surface area (Å²) in [6.07, 6.45) is 6.27. The molecule has 3 atom stereocenters. The van der Waals surface area contributed by atoms with Crippen LogP contribution in [0.3, 0.4) is 0 Å². The van der Waals surface area contributed by atoms with Crippen LogP contribution in [-0.2, 0) is 11.3 Å². The van der Waals surface area contributed by atoms with E-state index in [-0.39, 0.29) is 6.10 Å². The van der Waals surface area contributed by atoms with Crippen LogP contribution in [0.5, 0.6) is 0 Å². The van der Waals surface area contributed by atoms with Crippen LogP contribution < -0.4 is 0 Å². The molecule has 0 N–H and O–H groups in total. The standard InChI is InChI=1S/C17H21N3OS/c1-12-4-7-22-17(12)10-20-6-3-13-8-15(21-16(13)9-20)14-2-5-18-11-19-14/h2,4-5,7,11,13,15-16H,3,6,8-10H2,1H3/t13-,15+,16+/m0/s1. The van der Waals surface area contributed by atoms with Gasteiger partial charge in [-0.25, -0.2) is 9.97 Å². The van der Waals surface area contributed by atoms with Gasteiger partial charge in [0.2, 0.25) is 0 Å². The second-order valence-corrected chi connectivity index (χ2v) is 7.34. The van der Waals surface area contributed by atoms with Gasteiger partial charge in [-0.15, -0.1) is 11.3 Å². The van der Waals surface area contributed by atoms with Gasteiger partial charge in [-0.3, -0.25) is 4.90 Å². The van der Waals surface area contributed by atoms with E-state index < -0.39 is 0 Å². The van der Waals surface area contributed by atoms with Crippen molar-refractivity contribution in [2.24, 2.45) is 5.92 Å². The van der Waals surface area contributed by atoms with Crippen LogP contribution in [0.2, 0.25) is 0 Å². The molecule has 0 saturated carbocycles. The lowest BCUT2D eigenvalue weighted by Gasteiger charge is -2.33. The van der Waals surface area contributed by atoms with E-state index in [1.165, 1.54) is 23.4 Å². The summed E-state index contributed by atoms with van der Waals surface area (Å²) in [5.74, 6) is 0.681. The summed E-state index contributed by atoms with van der Waals surface area (Å²) in [7, 11) is 0. The predicted molar refractivity (Wildman–Crippen MR) is 86.7 cm³/mol. The zero-order valence-electron chi connectivity index (χ0n) is 12.8. The third-order valence-corrected chi connectivity index (χ3v) is 5.91. The quantitative estimate of drug-likeness (QED) is 0.872. The summed E-state index contributed by atoms with van der Waals surface area (Å²) in [5.41, 5.74) is 2.45. The van der Waals surface area contributed by atoms with E-state index in [1.807, 2.05) is 17.4 Å². The first-order chi connectivity index (χ1) is 10.8. The second-order valence-electron chi connectivity index (χ2n) is 6.34. The zero-order valence-corrected chi connectivity index (χ0v) is 13.6. The van der Waals surface area contributed by atoms with Crippen LogP contribution in [0.1, 0.15) is 35.1 Å². The average molecular weight is 315 g/mol. The number of hydrogen-bond acceptors (Lipinski definition) is 5. The smallest absolute Gasteiger partial charge is 0.115 e. The van der Waals surface area contributed by atoms with Crippen LogP contribution in [0.25, 0.3) is 0 Å². The Bertz CT molecular complexity index is 630. The Morgan fingerprint density at radius 2 is 2.36 bits per heavy atom. The third-order valence-electron chi connectivity index (χ3n) is 4.91. The van der Waals surface area contributed by atoms with Gasteiger partial charge in [0.25, 0.3) is 0 Å². The number of hydrogen-bond donors (Lipinski definition) is 0. The number of nitrogens with zero attached hydrogens (tertiary/aromatic N) is 3. The van der Waals surface area contributed by atoms with E-state index in [4.69, 9.17) is 4.74 Å². The average Bonchev–Trinajstić information content (AvgIpc) is 3.14. The molecule has 2 saturated heterocycles. The molecule has 2 aliphatic heterocycles. The molecule has 2 fully saturated rings. The van der Waals surface area contributed by atoms with Crippen molar-refractivity contribution in [3.63, 3.8) is 0 Å². The van der Waals surface area contributed by atoms with Gasteiger partial charge in [-0.2, -0.15) is 0 Å².